The number of rotatable bonds is 5. The number of hydrogen-bond acceptors (Lipinski definition) is 5. The molecule has 0 fully saturated rings. The summed E-state index contributed by atoms with van der Waals surface area (Å²) in [4.78, 5) is 12.1. The Morgan fingerprint density at radius 1 is 1.18 bits per heavy atom. The van der Waals surface area contributed by atoms with Crippen LogP contribution in [0.25, 0.3) is 27.7 Å². The molecule has 0 aliphatic heterocycles. The molecule has 3 heterocycles. The monoisotopic (exact) mass is 370 g/mol. The van der Waals surface area contributed by atoms with Crippen LogP contribution < -0.4 is 10.1 Å². The third-order valence-corrected chi connectivity index (χ3v) is 4.86. The number of H-pyrrole nitrogens is 1. The van der Waals surface area contributed by atoms with Crippen molar-refractivity contribution in [3.63, 3.8) is 0 Å². The van der Waals surface area contributed by atoms with Gasteiger partial charge < -0.3 is 19.5 Å². The number of aromatic nitrogens is 3. The van der Waals surface area contributed by atoms with Crippen molar-refractivity contribution < 1.29 is 9.15 Å². The fourth-order valence-electron chi connectivity index (χ4n) is 3.48. The van der Waals surface area contributed by atoms with Crippen LogP contribution in [-0.2, 0) is 0 Å². The fraction of sp³-hybridized carbons (Fsp3) is 0.0909. The summed E-state index contributed by atoms with van der Waals surface area (Å²) in [5.41, 5.74) is 5.89. The van der Waals surface area contributed by atoms with E-state index < -0.39 is 0 Å². The van der Waals surface area contributed by atoms with Gasteiger partial charge in [0.05, 0.1) is 30.7 Å². The number of aromatic amines is 1. The number of hydrogen-bond donors (Lipinski definition) is 2. The molecule has 2 N–H and O–H groups in total. The molecule has 0 amide bonds. The van der Waals surface area contributed by atoms with Crippen LogP contribution in [0.5, 0.6) is 5.75 Å². The van der Waals surface area contributed by atoms with Crippen molar-refractivity contribution in [1.29, 1.82) is 0 Å². The van der Waals surface area contributed by atoms with Crippen LogP contribution in [-0.4, -0.2) is 22.1 Å². The Bertz CT molecular complexity index is 1200. The summed E-state index contributed by atoms with van der Waals surface area (Å²) < 4.78 is 10.8. The smallest absolute Gasteiger partial charge is 0.144 e. The standard InChI is InChI=1S/C22H18N4O2/c1-27-19-7-6-15(16-8-9-28-12-16)10-18(19)26-22-20-17(14-4-2-3-5-14)11-23-21(20)24-13-25-22/h2,4-13H,3H2,1H3,(H2,23,24,25,26). The Morgan fingerprint density at radius 2 is 2.14 bits per heavy atom. The van der Waals surface area contributed by atoms with E-state index in [0.29, 0.717) is 0 Å². The van der Waals surface area contributed by atoms with Crippen LogP contribution >= 0.6 is 0 Å². The minimum Gasteiger partial charge on any atom is -0.495 e. The lowest BCUT2D eigenvalue weighted by molar-refractivity contribution is 0.417. The van der Waals surface area contributed by atoms with Gasteiger partial charge in [0.15, 0.2) is 0 Å². The van der Waals surface area contributed by atoms with Gasteiger partial charge in [-0.2, -0.15) is 0 Å². The van der Waals surface area contributed by atoms with Gasteiger partial charge in [-0.15, -0.1) is 0 Å². The predicted octanol–water partition coefficient (Wildman–Crippen LogP) is 5.31. The number of methoxy groups -OCH3 is 1. The van der Waals surface area contributed by atoms with Crippen molar-refractivity contribution in [1.82, 2.24) is 15.0 Å². The van der Waals surface area contributed by atoms with Crippen LogP contribution in [0.2, 0.25) is 0 Å². The fourth-order valence-corrected chi connectivity index (χ4v) is 3.48. The van der Waals surface area contributed by atoms with E-state index in [0.717, 1.165) is 51.4 Å². The average Bonchev–Trinajstić information content (AvgIpc) is 3.49. The maximum Gasteiger partial charge on any atom is 0.144 e. The van der Waals surface area contributed by atoms with Gasteiger partial charge in [0.2, 0.25) is 0 Å². The highest BCUT2D eigenvalue weighted by Gasteiger charge is 2.16. The van der Waals surface area contributed by atoms with E-state index in [2.05, 4.69) is 38.5 Å². The largest absolute Gasteiger partial charge is 0.495 e. The third kappa shape index (κ3) is 2.75. The lowest BCUT2D eigenvalue weighted by Crippen LogP contribution is -1.99. The average molecular weight is 370 g/mol. The molecule has 138 valence electrons. The number of benzene rings is 1. The van der Waals surface area contributed by atoms with Crippen LogP contribution in [0.4, 0.5) is 11.5 Å². The molecule has 28 heavy (non-hydrogen) atoms. The number of fused-ring (bicyclic) bond motifs is 1. The SMILES string of the molecule is COc1ccc(-c2ccoc2)cc1Nc1ncnc2[nH]cc(C3=CCC=C3)c12. The van der Waals surface area contributed by atoms with Gasteiger partial charge in [0.25, 0.3) is 0 Å². The zero-order valence-corrected chi connectivity index (χ0v) is 15.3. The Labute approximate surface area is 161 Å². The van der Waals surface area contributed by atoms with Gasteiger partial charge in [-0.05, 0) is 35.8 Å². The van der Waals surface area contributed by atoms with E-state index in [9.17, 15) is 0 Å². The van der Waals surface area contributed by atoms with Crippen molar-refractivity contribution in [2.45, 2.75) is 6.42 Å². The zero-order chi connectivity index (χ0) is 18.9. The van der Waals surface area contributed by atoms with Gasteiger partial charge in [-0.1, -0.05) is 24.3 Å². The van der Waals surface area contributed by atoms with E-state index in [4.69, 9.17) is 9.15 Å². The van der Waals surface area contributed by atoms with E-state index in [1.165, 1.54) is 5.57 Å². The summed E-state index contributed by atoms with van der Waals surface area (Å²) in [6.45, 7) is 0. The van der Waals surface area contributed by atoms with Gasteiger partial charge in [-0.3, -0.25) is 0 Å². The summed E-state index contributed by atoms with van der Waals surface area (Å²) in [6.07, 6.45) is 14.3. The molecular formula is C22H18N4O2. The van der Waals surface area contributed by atoms with Crippen LogP contribution in [0.1, 0.15) is 12.0 Å². The quantitative estimate of drug-likeness (QED) is 0.498. The van der Waals surface area contributed by atoms with Gasteiger partial charge >= 0.3 is 0 Å². The molecule has 3 aromatic heterocycles. The highest BCUT2D eigenvalue weighted by atomic mass is 16.5. The molecule has 1 aliphatic carbocycles. The number of furan rings is 1. The molecule has 0 radical (unpaired) electrons. The van der Waals surface area contributed by atoms with Crippen molar-refractivity contribution in [3.8, 4) is 16.9 Å². The molecule has 4 aromatic rings. The number of nitrogens with one attached hydrogen (secondary N) is 2. The second-order valence-corrected chi connectivity index (χ2v) is 6.50. The van der Waals surface area contributed by atoms with Crippen molar-refractivity contribution in [2.75, 3.05) is 12.4 Å². The number of anilines is 2. The second kappa shape index (κ2) is 6.74. The lowest BCUT2D eigenvalue weighted by Gasteiger charge is -2.13. The molecular weight excluding hydrogens is 352 g/mol. The topological polar surface area (TPSA) is 76.0 Å². The minimum absolute atomic E-state index is 0.727. The summed E-state index contributed by atoms with van der Waals surface area (Å²) >= 11 is 0. The molecule has 1 aromatic carbocycles. The Balaban J connectivity index is 1.61. The highest BCUT2D eigenvalue weighted by molar-refractivity contribution is 6.01. The highest BCUT2D eigenvalue weighted by Crippen LogP contribution is 2.36. The normalized spacial score (nSPS) is 13.1. The summed E-state index contributed by atoms with van der Waals surface area (Å²) in [5.74, 6) is 1.46. The molecule has 5 rings (SSSR count). The molecule has 0 saturated carbocycles. The van der Waals surface area contributed by atoms with E-state index in [1.54, 1.807) is 26.0 Å². The molecule has 0 bridgehead atoms. The molecule has 6 heteroatoms. The minimum atomic E-state index is 0.727. The summed E-state index contributed by atoms with van der Waals surface area (Å²) in [6, 6.07) is 7.89. The second-order valence-electron chi connectivity index (χ2n) is 6.50. The first-order valence-electron chi connectivity index (χ1n) is 9.00. The van der Waals surface area contributed by atoms with Gasteiger partial charge in [0.1, 0.15) is 23.5 Å². The first-order chi connectivity index (χ1) is 13.8. The van der Waals surface area contributed by atoms with Gasteiger partial charge in [-0.25, -0.2) is 9.97 Å². The van der Waals surface area contributed by atoms with E-state index >= 15 is 0 Å². The van der Waals surface area contributed by atoms with Gasteiger partial charge in [0, 0.05) is 17.3 Å². The summed E-state index contributed by atoms with van der Waals surface area (Å²) in [5, 5.41) is 4.40. The first-order valence-corrected chi connectivity index (χ1v) is 9.00. The molecule has 0 unspecified atom stereocenters. The summed E-state index contributed by atoms with van der Waals surface area (Å²) in [7, 11) is 1.66. The van der Waals surface area contributed by atoms with Crippen LogP contribution in [0.3, 0.4) is 0 Å². The van der Waals surface area contributed by atoms with E-state index in [-0.39, 0.29) is 0 Å². The predicted molar refractivity (Wildman–Crippen MR) is 110 cm³/mol. The number of ether oxygens (including phenoxy) is 1. The molecule has 0 saturated heterocycles. The maximum atomic E-state index is 5.55. The van der Waals surface area contributed by atoms with Crippen molar-refractivity contribution in [2.24, 2.45) is 0 Å². The number of nitrogens with zero attached hydrogens (tertiary/aromatic N) is 2. The Morgan fingerprint density at radius 3 is 2.93 bits per heavy atom. The van der Waals surface area contributed by atoms with Crippen LogP contribution in [0, 0.1) is 0 Å². The molecule has 0 atom stereocenters. The molecule has 1 aliphatic rings. The molecule has 0 spiro atoms. The van der Waals surface area contributed by atoms with E-state index in [1.807, 2.05) is 30.5 Å². The Hall–Kier alpha value is -3.80. The zero-order valence-electron chi connectivity index (χ0n) is 15.3. The Kier molecular flexibility index (Phi) is 3.94. The van der Waals surface area contributed by atoms with Crippen molar-refractivity contribution >= 4 is 28.1 Å². The third-order valence-electron chi connectivity index (χ3n) is 4.86. The molecule has 6 nitrogen and oxygen atoms in total. The van der Waals surface area contributed by atoms with Crippen molar-refractivity contribution in [3.05, 3.63) is 73.1 Å². The maximum absolute atomic E-state index is 5.55. The number of allylic oxidation sites excluding steroid dienone is 4. The van der Waals surface area contributed by atoms with Crippen LogP contribution in [0.15, 0.2) is 72.0 Å². The first kappa shape index (κ1) is 16.4. The lowest BCUT2D eigenvalue weighted by atomic mass is 10.1.